The molecule has 1 aromatic carbocycles. The predicted molar refractivity (Wildman–Crippen MR) is 79.6 cm³/mol. The standard InChI is InChI=1S/C15H10ClN3O2/c16-10-1-2-11-12(7-10)19-15(21)13(18-11)8-14(20)9-3-5-17-6-4-9/h1-7H,8H2,(H,19,21). The van der Waals surface area contributed by atoms with Gasteiger partial charge in [-0.3, -0.25) is 14.6 Å². The van der Waals surface area contributed by atoms with E-state index in [0.29, 0.717) is 21.6 Å². The highest BCUT2D eigenvalue weighted by Gasteiger charge is 2.12. The minimum absolute atomic E-state index is 0.0576. The van der Waals surface area contributed by atoms with E-state index in [0.717, 1.165) is 0 Å². The number of aromatic amines is 1. The molecule has 0 aliphatic carbocycles. The normalized spacial score (nSPS) is 10.7. The van der Waals surface area contributed by atoms with Gasteiger partial charge in [0.05, 0.1) is 17.5 Å². The second-order valence-electron chi connectivity index (χ2n) is 4.51. The Kier molecular flexibility index (Phi) is 3.50. The zero-order valence-electron chi connectivity index (χ0n) is 10.8. The minimum Gasteiger partial charge on any atom is -0.319 e. The molecule has 2 heterocycles. The van der Waals surface area contributed by atoms with Gasteiger partial charge in [0, 0.05) is 23.0 Å². The number of H-pyrrole nitrogens is 1. The van der Waals surface area contributed by atoms with Crippen LogP contribution in [0.15, 0.2) is 47.5 Å². The molecule has 6 heteroatoms. The maximum atomic E-state index is 12.1. The van der Waals surface area contributed by atoms with Gasteiger partial charge < -0.3 is 4.98 Å². The number of carbonyl (C=O) groups excluding carboxylic acids is 1. The molecular formula is C15H10ClN3O2. The van der Waals surface area contributed by atoms with E-state index in [1.807, 2.05) is 0 Å². The number of carbonyl (C=O) groups is 1. The Morgan fingerprint density at radius 1 is 1.19 bits per heavy atom. The Balaban J connectivity index is 1.98. The lowest BCUT2D eigenvalue weighted by Gasteiger charge is -2.03. The van der Waals surface area contributed by atoms with E-state index >= 15 is 0 Å². The summed E-state index contributed by atoms with van der Waals surface area (Å²) >= 11 is 5.87. The Morgan fingerprint density at radius 2 is 1.95 bits per heavy atom. The molecule has 104 valence electrons. The number of fused-ring (bicyclic) bond motifs is 1. The number of pyridine rings is 1. The summed E-state index contributed by atoms with van der Waals surface area (Å²) in [5.74, 6) is -0.177. The molecule has 0 saturated carbocycles. The first kappa shape index (κ1) is 13.5. The molecule has 2 aromatic heterocycles. The number of hydrogen-bond acceptors (Lipinski definition) is 4. The van der Waals surface area contributed by atoms with Crippen LogP contribution in [0.1, 0.15) is 16.1 Å². The Morgan fingerprint density at radius 3 is 2.71 bits per heavy atom. The maximum Gasteiger partial charge on any atom is 0.270 e. The first-order valence-corrected chi connectivity index (χ1v) is 6.63. The van der Waals surface area contributed by atoms with Crippen LogP contribution >= 0.6 is 11.6 Å². The number of nitrogens with one attached hydrogen (secondary N) is 1. The number of nitrogens with zero attached hydrogens (tertiary/aromatic N) is 2. The zero-order valence-corrected chi connectivity index (χ0v) is 11.6. The SMILES string of the molecule is O=C(Cc1nc2ccc(Cl)cc2[nH]c1=O)c1ccncc1. The van der Waals surface area contributed by atoms with Gasteiger partial charge in [0.1, 0.15) is 5.69 Å². The van der Waals surface area contributed by atoms with Crippen LogP contribution in [-0.4, -0.2) is 20.7 Å². The summed E-state index contributed by atoms with van der Waals surface area (Å²) in [6.45, 7) is 0. The quantitative estimate of drug-likeness (QED) is 0.754. The molecule has 1 N–H and O–H groups in total. The summed E-state index contributed by atoms with van der Waals surface area (Å²) in [5.41, 5.74) is 1.45. The molecule has 3 aromatic rings. The summed E-state index contributed by atoms with van der Waals surface area (Å²) < 4.78 is 0. The predicted octanol–water partition coefficient (Wildman–Crippen LogP) is 2.40. The van der Waals surface area contributed by atoms with Gasteiger partial charge in [-0.05, 0) is 30.3 Å². The Hall–Kier alpha value is -2.53. The summed E-state index contributed by atoms with van der Waals surface area (Å²) in [6, 6.07) is 8.23. The third-order valence-electron chi connectivity index (χ3n) is 3.05. The van der Waals surface area contributed by atoms with Crippen molar-refractivity contribution in [2.24, 2.45) is 0 Å². The number of hydrogen-bond donors (Lipinski definition) is 1. The summed E-state index contributed by atoms with van der Waals surface area (Å²) in [4.78, 5) is 34.9. The van der Waals surface area contributed by atoms with Crippen molar-refractivity contribution >= 4 is 28.4 Å². The minimum atomic E-state index is -0.382. The van der Waals surface area contributed by atoms with Crippen molar-refractivity contribution in [3.63, 3.8) is 0 Å². The van der Waals surface area contributed by atoms with Crippen LogP contribution in [0.4, 0.5) is 0 Å². The molecule has 0 unspecified atom stereocenters. The topological polar surface area (TPSA) is 75.7 Å². The van der Waals surface area contributed by atoms with E-state index in [-0.39, 0.29) is 23.5 Å². The summed E-state index contributed by atoms with van der Waals surface area (Å²) in [5, 5.41) is 0.514. The molecule has 0 bridgehead atoms. The number of halogens is 1. The first-order chi connectivity index (χ1) is 10.1. The largest absolute Gasteiger partial charge is 0.319 e. The molecule has 21 heavy (non-hydrogen) atoms. The highest BCUT2D eigenvalue weighted by atomic mass is 35.5. The highest BCUT2D eigenvalue weighted by Crippen LogP contribution is 2.15. The van der Waals surface area contributed by atoms with E-state index in [4.69, 9.17) is 11.6 Å². The van der Waals surface area contributed by atoms with Crippen molar-refractivity contribution < 1.29 is 4.79 Å². The van der Waals surface area contributed by atoms with E-state index in [2.05, 4.69) is 15.0 Å². The average molecular weight is 300 g/mol. The van der Waals surface area contributed by atoms with E-state index in [9.17, 15) is 9.59 Å². The second-order valence-corrected chi connectivity index (χ2v) is 4.95. The lowest BCUT2D eigenvalue weighted by Crippen LogP contribution is -2.19. The molecule has 0 spiro atoms. The number of benzene rings is 1. The van der Waals surface area contributed by atoms with Crippen LogP contribution in [0.5, 0.6) is 0 Å². The van der Waals surface area contributed by atoms with Crippen LogP contribution in [-0.2, 0) is 6.42 Å². The fourth-order valence-electron chi connectivity index (χ4n) is 2.01. The van der Waals surface area contributed by atoms with Gasteiger partial charge >= 0.3 is 0 Å². The van der Waals surface area contributed by atoms with Crippen LogP contribution in [0, 0.1) is 0 Å². The number of ketones is 1. The third-order valence-corrected chi connectivity index (χ3v) is 3.29. The average Bonchev–Trinajstić information content (AvgIpc) is 2.49. The van der Waals surface area contributed by atoms with Gasteiger partial charge in [-0.25, -0.2) is 4.98 Å². The molecule has 0 aliphatic heterocycles. The lowest BCUT2D eigenvalue weighted by molar-refractivity contribution is 0.0991. The molecule has 0 fully saturated rings. The van der Waals surface area contributed by atoms with Crippen molar-refractivity contribution in [3.05, 3.63) is 69.4 Å². The smallest absolute Gasteiger partial charge is 0.270 e. The van der Waals surface area contributed by atoms with Gasteiger partial charge in [0.15, 0.2) is 5.78 Å². The maximum absolute atomic E-state index is 12.1. The Bertz CT molecular complexity index is 875. The van der Waals surface area contributed by atoms with Crippen LogP contribution in [0.25, 0.3) is 11.0 Å². The monoisotopic (exact) mass is 299 g/mol. The number of aromatic nitrogens is 3. The molecule has 0 atom stereocenters. The van der Waals surface area contributed by atoms with Gasteiger partial charge in [0.2, 0.25) is 0 Å². The molecule has 0 amide bonds. The fraction of sp³-hybridized carbons (Fsp3) is 0.0667. The number of rotatable bonds is 3. The van der Waals surface area contributed by atoms with Gasteiger partial charge in [0.25, 0.3) is 5.56 Å². The van der Waals surface area contributed by atoms with Crippen molar-refractivity contribution in [3.8, 4) is 0 Å². The summed E-state index contributed by atoms with van der Waals surface area (Å²) in [6.07, 6.45) is 3.01. The van der Waals surface area contributed by atoms with E-state index < -0.39 is 0 Å². The number of Topliss-reactive ketones (excluding diaryl/α,β-unsaturated/α-hetero) is 1. The van der Waals surface area contributed by atoms with Crippen molar-refractivity contribution in [1.82, 2.24) is 15.0 Å². The first-order valence-electron chi connectivity index (χ1n) is 6.25. The molecule has 0 radical (unpaired) electrons. The van der Waals surface area contributed by atoms with Gasteiger partial charge in [-0.2, -0.15) is 0 Å². The Labute approximate surface area is 124 Å². The molecule has 0 aliphatic rings. The van der Waals surface area contributed by atoms with E-state index in [1.165, 1.54) is 12.4 Å². The van der Waals surface area contributed by atoms with Gasteiger partial charge in [-0.15, -0.1) is 0 Å². The lowest BCUT2D eigenvalue weighted by atomic mass is 10.1. The second kappa shape index (κ2) is 5.46. The molecule has 0 saturated heterocycles. The van der Waals surface area contributed by atoms with Crippen molar-refractivity contribution in [2.75, 3.05) is 0 Å². The van der Waals surface area contributed by atoms with Gasteiger partial charge in [-0.1, -0.05) is 11.6 Å². The molecular weight excluding hydrogens is 290 g/mol. The van der Waals surface area contributed by atoms with Crippen LogP contribution in [0.3, 0.4) is 0 Å². The third kappa shape index (κ3) is 2.83. The molecule has 3 rings (SSSR count). The van der Waals surface area contributed by atoms with Crippen molar-refractivity contribution in [2.45, 2.75) is 6.42 Å². The summed E-state index contributed by atoms with van der Waals surface area (Å²) in [7, 11) is 0. The van der Waals surface area contributed by atoms with Crippen LogP contribution in [0.2, 0.25) is 5.02 Å². The highest BCUT2D eigenvalue weighted by molar-refractivity contribution is 6.31. The van der Waals surface area contributed by atoms with Crippen molar-refractivity contribution in [1.29, 1.82) is 0 Å². The molecule has 5 nitrogen and oxygen atoms in total. The van der Waals surface area contributed by atoms with Crippen LogP contribution < -0.4 is 5.56 Å². The zero-order chi connectivity index (χ0) is 14.8. The van der Waals surface area contributed by atoms with E-state index in [1.54, 1.807) is 30.3 Å². The fourth-order valence-corrected chi connectivity index (χ4v) is 2.18.